The van der Waals surface area contributed by atoms with Gasteiger partial charge in [0.2, 0.25) is 5.91 Å². The zero-order valence-corrected chi connectivity index (χ0v) is 68.1. The number of ether oxygens (including phenoxy) is 5. The molecule has 1 amide bonds. The number of aliphatic hydroxyl groups excluding tert-OH is 10. The molecule has 0 aliphatic carbocycles. The summed E-state index contributed by atoms with van der Waals surface area (Å²) in [6.45, 7) is 15.8. The van der Waals surface area contributed by atoms with Crippen LogP contribution >= 0.6 is 0 Å². The minimum atomic E-state index is -1.73. The standard InChI is InChI=1S/C15H17N5O6.C15H19N5O5.C15H17N5O5.C15H21N5O4.C15H19N5O4/c1-5-16-10-8-6(18-12(23)13(24)19-10)3-20(11(8)17-5)14-15(2,25)9(22)7(4-21)26-14;2*1-6-17-12-10-7(16-3-9(22)19-12)4-20(13(10)18-6)14-15(2,24)11(23)8(5-21)25-14;2*1-7-18-12-10-8(16-3-4-17-12)5-20(13(10)19-7)14-15(2,23)11(22)9(6-21)24-14/h3,7,9,14,21-22,25H,4H2,1-2H3,(H,18,23)(H,16,17,19,24);4,8,11,14,16,21,23-24H,3,5H2,1-2H3,(H,17,18,19,22);3-4,8,11,14,21,23-24H,5H2,1-2H3,(H,17,18,19,22);5,9,11,14,16,21-23H,3-4,6H2,1-2H3,(H,17,18,19);3,5,9,11,14,21-23H,4,6H2,1-2H3,(H,17,18,19)/t7-,9-,14?,15-;2*8-,11-,14?,15-;2*9-,11-,14?,15-/m11111/s1. The summed E-state index contributed by atoms with van der Waals surface area (Å²) in [6, 6.07) is 0. The van der Waals surface area contributed by atoms with Gasteiger partial charge < -0.3 is 165 Å². The van der Waals surface area contributed by atoms with Crippen molar-refractivity contribution in [2.45, 2.75) is 189 Å². The zero-order chi connectivity index (χ0) is 88.8. The summed E-state index contributed by atoms with van der Waals surface area (Å²) in [5.74, 6) is 5.23. The number of anilines is 7. The van der Waals surface area contributed by atoms with E-state index in [1.807, 2.05) is 0 Å². The summed E-state index contributed by atoms with van der Waals surface area (Å²) in [7, 11) is 0. The molecule has 0 bridgehead atoms. The van der Waals surface area contributed by atoms with Crippen LogP contribution in [0, 0.1) is 20.8 Å². The molecule has 124 heavy (non-hydrogen) atoms. The number of hydrogen-bond acceptors (Lipinski definition) is 42. The molecular weight excluding hydrogens is 1630 g/mol. The lowest BCUT2D eigenvalue weighted by molar-refractivity contribution is -0.114. The molecular formula is C75H93N25O24. The van der Waals surface area contributed by atoms with Crippen LogP contribution in [-0.2, 0) is 28.5 Å². The number of aliphatic hydroxyl groups is 15. The third-order valence-corrected chi connectivity index (χ3v) is 23.1. The van der Waals surface area contributed by atoms with E-state index in [2.05, 4.69) is 102 Å². The van der Waals surface area contributed by atoms with E-state index in [1.54, 1.807) is 79.3 Å². The molecule has 10 aromatic heterocycles. The number of nitrogens with zero attached hydrogens (tertiary/aromatic N) is 17. The fourth-order valence-electron chi connectivity index (χ4n) is 16.8. The molecule has 5 saturated heterocycles. The van der Waals surface area contributed by atoms with Gasteiger partial charge in [0, 0.05) is 50.3 Å². The monoisotopic (exact) mass is 1730 g/mol. The van der Waals surface area contributed by atoms with Gasteiger partial charge >= 0.3 is 11.1 Å². The number of aromatic amines is 1. The Morgan fingerprint density at radius 2 is 0.823 bits per heavy atom. The highest BCUT2D eigenvalue weighted by Gasteiger charge is 2.58. The van der Waals surface area contributed by atoms with E-state index in [0.29, 0.717) is 115 Å². The molecule has 10 aliphatic heterocycles. The zero-order valence-electron chi connectivity index (χ0n) is 68.1. The van der Waals surface area contributed by atoms with Gasteiger partial charge in [-0.15, -0.1) is 0 Å². The molecule has 49 nitrogen and oxygen atoms in total. The molecule has 5 unspecified atom stereocenters. The summed E-state index contributed by atoms with van der Waals surface area (Å²) in [6.07, 6.45) is -4.62. The number of aryl methyl sites for hydroxylation is 3. The van der Waals surface area contributed by atoms with Gasteiger partial charge in [0.1, 0.15) is 176 Å². The SMILES string of the molecule is CC1=Nc2c3c(nc(=O)c(=O)[nH]c3cn2C2O[C@H](CO)[C@@H](O)[C@@]2(C)O)N1.CC1=Nc2c3c(nc(=O)cnc3cn2C2O[C@H](CO)[C@@H](O)[C@@]2(C)O)N1.Cc1nc2c3c(cn(C4O[C@H](CO)[C@@H](O)[C@@]4(C)O)c3n1)N=CCN2.Cc1nc2c3c(cn(C4O[C@H](CO)[C@@H](O)[C@@]4(C)O)c3n1)NCC(=O)N2.Cc1nc2c3c(cn(C4O[C@H](CO)[C@@H](O)[C@@]4(C)O)c3n1)NCCN2. The number of aliphatic imine (C=N–C) groups is 3. The Morgan fingerprint density at radius 1 is 0.427 bits per heavy atom. The molecule has 10 aromatic rings. The molecule has 49 heteroatoms. The number of H-pyrrole nitrogens is 1. The van der Waals surface area contributed by atoms with Crippen LogP contribution in [0.4, 0.5) is 57.8 Å². The van der Waals surface area contributed by atoms with Crippen LogP contribution in [0.3, 0.4) is 0 Å². The van der Waals surface area contributed by atoms with E-state index >= 15 is 0 Å². The lowest BCUT2D eigenvalue weighted by Crippen LogP contribution is -2.44. The summed E-state index contributed by atoms with van der Waals surface area (Å²) in [5, 5.41) is 176. The van der Waals surface area contributed by atoms with Crippen LogP contribution in [0.2, 0.25) is 0 Å². The summed E-state index contributed by atoms with van der Waals surface area (Å²) in [5.41, 5.74) is -6.11. The smallest absolute Gasteiger partial charge is 0.337 e. The van der Waals surface area contributed by atoms with Crippen LogP contribution in [0.25, 0.3) is 54.9 Å². The van der Waals surface area contributed by atoms with E-state index < -0.39 is 163 Å². The number of amides is 1. The number of hydrogen-bond donors (Lipinski definition) is 23. The molecule has 0 aromatic carbocycles. The highest BCUT2D eigenvalue weighted by Crippen LogP contribution is 2.50. The van der Waals surface area contributed by atoms with Crippen molar-refractivity contribution in [3.05, 3.63) is 85.7 Å². The van der Waals surface area contributed by atoms with Gasteiger partial charge in [0.25, 0.3) is 5.56 Å². The third-order valence-electron chi connectivity index (χ3n) is 23.1. The highest BCUT2D eigenvalue weighted by atomic mass is 16.6. The Bertz CT molecular complexity index is 6200. The number of carbonyl (C=O) groups is 1. The van der Waals surface area contributed by atoms with Crippen molar-refractivity contribution in [3.63, 3.8) is 0 Å². The van der Waals surface area contributed by atoms with Crippen LogP contribution in [0.5, 0.6) is 0 Å². The maximum Gasteiger partial charge on any atom is 0.337 e. The molecule has 10 aliphatic rings. The first-order valence-corrected chi connectivity index (χ1v) is 39.3. The maximum absolute atomic E-state index is 11.9. The third kappa shape index (κ3) is 14.5. The predicted molar refractivity (Wildman–Crippen MR) is 439 cm³/mol. The van der Waals surface area contributed by atoms with Crippen LogP contribution in [0.1, 0.15) is 97.1 Å². The second kappa shape index (κ2) is 32.0. The van der Waals surface area contributed by atoms with E-state index in [1.165, 1.54) is 49.9 Å². The molecule has 5 fully saturated rings. The fraction of sp³-hybridized carbons (Fsp3) is 0.520. The van der Waals surface area contributed by atoms with E-state index in [-0.39, 0.29) is 30.4 Å². The number of amidine groups is 2. The number of carbonyl (C=O) groups excluding carboxylic acids is 1. The molecule has 20 atom stereocenters. The van der Waals surface area contributed by atoms with Gasteiger partial charge in [0.05, 0.1) is 107 Å². The number of rotatable bonds is 10. The van der Waals surface area contributed by atoms with Gasteiger partial charge in [-0.3, -0.25) is 24.2 Å². The van der Waals surface area contributed by atoms with Crippen molar-refractivity contribution >= 4 is 136 Å². The Kier molecular flexibility index (Phi) is 22.3. The van der Waals surface area contributed by atoms with Crippen LogP contribution in [-0.4, -0.2) is 321 Å². The van der Waals surface area contributed by atoms with Crippen molar-refractivity contribution in [1.29, 1.82) is 0 Å². The Hall–Kier alpha value is -11.3. The van der Waals surface area contributed by atoms with E-state index in [0.717, 1.165) is 41.6 Å². The molecule has 0 radical (unpaired) electrons. The van der Waals surface area contributed by atoms with Crippen LogP contribution in [0.15, 0.2) is 66.5 Å². The quantitative estimate of drug-likeness (QED) is 0.0588. The Morgan fingerprint density at radius 3 is 1.30 bits per heavy atom. The minimum Gasteiger partial charge on any atom is -0.394 e. The lowest BCUT2D eigenvalue weighted by Gasteiger charge is -2.28. The van der Waals surface area contributed by atoms with Crippen molar-refractivity contribution in [3.8, 4) is 0 Å². The second-order valence-corrected chi connectivity index (χ2v) is 32.3. The summed E-state index contributed by atoms with van der Waals surface area (Å²) >= 11 is 0. The van der Waals surface area contributed by atoms with E-state index in [9.17, 15) is 95.8 Å². The Balaban J connectivity index is 0.000000115. The van der Waals surface area contributed by atoms with Gasteiger partial charge in [0.15, 0.2) is 31.1 Å². The summed E-state index contributed by atoms with van der Waals surface area (Å²) in [4.78, 5) is 101. The molecule has 20 heterocycles. The van der Waals surface area contributed by atoms with Crippen LogP contribution < -0.4 is 53.9 Å². The predicted octanol–water partition coefficient (Wildman–Crippen LogP) is -3.62. The average Bonchev–Trinajstić information content (AvgIpc) is 1.59. The highest BCUT2D eigenvalue weighted by molar-refractivity contribution is 6.12. The number of nitrogens with one attached hydrogen (secondary N) is 8. The van der Waals surface area contributed by atoms with Gasteiger partial charge in [-0.25, -0.2) is 44.9 Å². The first kappa shape index (κ1) is 86.2. The number of aromatic nitrogens is 15. The van der Waals surface area contributed by atoms with Gasteiger partial charge in [-0.2, -0.15) is 9.97 Å². The first-order valence-electron chi connectivity index (χ1n) is 39.3. The average molecular weight is 1730 g/mol. The molecule has 0 spiro atoms. The Labute approximate surface area is 698 Å². The van der Waals surface area contributed by atoms with Crippen molar-refractivity contribution < 1.29 is 105 Å². The maximum atomic E-state index is 11.9. The lowest BCUT2D eigenvalue weighted by atomic mass is 9.96. The van der Waals surface area contributed by atoms with Crippen molar-refractivity contribution in [2.24, 2.45) is 15.0 Å². The molecule has 23 N–H and O–H groups in total. The van der Waals surface area contributed by atoms with Gasteiger partial charge in [-0.05, 0) is 69.2 Å². The molecule has 662 valence electrons. The first-order chi connectivity index (χ1) is 58.7. The topological polar surface area (TPSA) is 696 Å². The second-order valence-electron chi connectivity index (χ2n) is 32.3. The minimum absolute atomic E-state index is 0.0678. The van der Waals surface area contributed by atoms with Crippen molar-refractivity contribution in [2.75, 3.05) is 96.4 Å². The van der Waals surface area contributed by atoms with Gasteiger partial charge in [-0.1, -0.05) is 0 Å². The van der Waals surface area contributed by atoms with E-state index in [4.69, 9.17) is 23.7 Å². The fourth-order valence-corrected chi connectivity index (χ4v) is 16.8. The summed E-state index contributed by atoms with van der Waals surface area (Å²) < 4.78 is 36.3. The normalized spacial score (nSPS) is 31.5. The largest absolute Gasteiger partial charge is 0.394 e. The molecule has 0 saturated carbocycles. The molecule has 20 rings (SSSR count). The van der Waals surface area contributed by atoms with Crippen molar-refractivity contribution in [1.82, 2.24) is 72.7 Å².